The van der Waals surface area contributed by atoms with Gasteiger partial charge in [0, 0.05) is 13.1 Å². The predicted molar refractivity (Wildman–Crippen MR) is 123 cm³/mol. The van der Waals surface area contributed by atoms with Gasteiger partial charge in [0.2, 0.25) is 15.9 Å². The highest BCUT2D eigenvalue weighted by molar-refractivity contribution is 7.89. The zero-order valence-corrected chi connectivity index (χ0v) is 18.9. The molecule has 6 nitrogen and oxygen atoms in total. The molecule has 1 heterocycles. The minimum absolute atomic E-state index is 0.156. The van der Waals surface area contributed by atoms with E-state index in [9.17, 15) is 13.2 Å². The molecule has 1 atom stereocenters. The lowest BCUT2D eigenvalue weighted by atomic mass is 9.95. The molecular weight excluding hydrogens is 424 g/mol. The topological polar surface area (TPSA) is 75.7 Å². The van der Waals surface area contributed by atoms with E-state index in [0.29, 0.717) is 12.2 Å². The maximum atomic E-state index is 13.5. The number of fused-ring (bicyclic) bond motifs is 1. The highest BCUT2D eigenvalue weighted by Gasteiger charge is 2.39. The van der Waals surface area contributed by atoms with E-state index in [4.69, 9.17) is 4.74 Å². The van der Waals surface area contributed by atoms with Crippen molar-refractivity contribution in [2.24, 2.45) is 0 Å². The van der Waals surface area contributed by atoms with E-state index in [2.05, 4.69) is 5.32 Å². The number of carbonyl (C=O) groups is 1. The summed E-state index contributed by atoms with van der Waals surface area (Å²) in [6.07, 6.45) is 0.325. The summed E-state index contributed by atoms with van der Waals surface area (Å²) in [4.78, 5) is 13.4. The lowest BCUT2D eigenvalue weighted by molar-refractivity contribution is -0.125. The first-order valence-electron chi connectivity index (χ1n) is 10.4. The minimum Gasteiger partial charge on any atom is -0.497 e. The van der Waals surface area contributed by atoms with Gasteiger partial charge >= 0.3 is 0 Å². The van der Waals surface area contributed by atoms with Gasteiger partial charge in [0.1, 0.15) is 11.8 Å². The van der Waals surface area contributed by atoms with E-state index in [1.165, 1.54) is 4.31 Å². The number of carbonyl (C=O) groups excluding carboxylic acids is 1. The van der Waals surface area contributed by atoms with E-state index >= 15 is 0 Å². The van der Waals surface area contributed by atoms with Gasteiger partial charge in [-0.15, -0.1) is 0 Å². The van der Waals surface area contributed by atoms with Gasteiger partial charge in [0.15, 0.2) is 0 Å². The molecule has 3 aromatic rings. The largest absolute Gasteiger partial charge is 0.497 e. The molecule has 0 fully saturated rings. The number of ether oxygens (including phenoxy) is 1. The smallest absolute Gasteiger partial charge is 0.244 e. The third-order valence-corrected chi connectivity index (χ3v) is 7.61. The Balaban J connectivity index is 1.62. The number of methoxy groups -OCH3 is 1. The Kier molecular flexibility index (Phi) is 6.30. The highest BCUT2D eigenvalue weighted by atomic mass is 32.2. The first kappa shape index (κ1) is 22.0. The molecule has 4 rings (SSSR count). The van der Waals surface area contributed by atoms with Crippen LogP contribution < -0.4 is 10.1 Å². The monoisotopic (exact) mass is 450 g/mol. The van der Waals surface area contributed by atoms with Gasteiger partial charge in [-0.3, -0.25) is 4.79 Å². The number of rotatable bonds is 6. The van der Waals surface area contributed by atoms with Crippen molar-refractivity contribution < 1.29 is 17.9 Å². The van der Waals surface area contributed by atoms with Crippen LogP contribution in [0.3, 0.4) is 0 Å². The Morgan fingerprint density at radius 2 is 1.75 bits per heavy atom. The number of hydrogen-bond donors (Lipinski definition) is 1. The van der Waals surface area contributed by atoms with Gasteiger partial charge in [-0.05, 0) is 54.3 Å². The predicted octanol–water partition coefficient (Wildman–Crippen LogP) is 3.44. The number of nitrogens with zero attached hydrogens (tertiary/aromatic N) is 1. The minimum atomic E-state index is -3.86. The summed E-state index contributed by atoms with van der Waals surface area (Å²) < 4.78 is 33.6. The van der Waals surface area contributed by atoms with Gasteiger partial charge in [0.05, 0.1) is 12.0 Å². The van der Waals surface area contributed by atoms with Crippen LogP contribution in [0.1, 0.15) is 22.3 Å². The van der Waals surface area contributed by atoms with Crippen LogP contribution in [0, 0.1) is 6.92 Å². The van der Waals surface area contributed by atoms with Crippen molar-refractivity contribution in [1.82, 2.24) is 9.62 Å². The van der Waals surface area contributed by atoms with Gasteiger partial charge in [0.25, 0.3) is 0 Å². The molecule has 0 radical (unpaired) electrons. The highest BCUT2D eigenvalue weighted by Crippen LogP contribution is 2.29. The number of nitrogens with one attached hydrogen (secondary N) is 1. The Morgan fingerprint density at radius 1 is 1.03 bits per heavy atom. The number of benzene rings is 3. The maximum absolute atomic E-state index is 13.5. The van der Waals surface area contributed by atoms with Crippen LogP contribution in [0.4, 0.5) is 0 Å². The molecule has 1 aliphatic rings. The molecule has 1 aliphatic heterocycles. The average Bonchev–Trinajstić information content (AvgIpc) is 2.82. The van der Waals surface area contributed by atoms with Gasteiger partial charge < -0.3 is 10.1 Å². The average molecular weight is 451 g/mol. The normalized spacial score (nSPS) is 16.2. The van der Waals surface area contributed by atoms with Crippen molar-refractivity contribution in [3.63, 3.8) is 0 Å². The van der Waals surface area contributed by atoms with Crippen LogP contribution in [0.2, 0.25) is 0 Å². The quantitative estimate of drug-likeness (QED) is 0.624. The molecule has 166 valence electrons. The second kappa shape index (κ2) is 9.14. The first-order valence-corrected chi connectivity index (χ1v) is 11.9. The lowest BCUT2D eigenvalue weighted by Gasteiger charge is -2.35. The van der Waals surface area contributed by atoms with Gasteiger partial charge in [-0.25, -0.2) is 8.42 Å². The standard InChI is InChI=1S/C25H26N2O4S/c1-18-10-12-23(13-11-18)32(29,30)27-17-21-8-4-3-7-20(21)15-24(27)25(28)26-16-19-6-5-9-22(14-19)31-2/h3-14,24H,15-17H2,1-2H3,(H,26,28). The third kappa shape index (κ3) is 4.54. The van der Waals surface area contributed by atoms with Crippen molar-refractivity contribution in [2.75, 3.05) is 7.11 Å². The molecule has 32 heavy (non-hydrogen) atoms. The molecular formula is C25H26N2O4S. The molecule has 1 unspecified atom stereocenters. The van der Waals surface area contributed by atoms with Crippen LogP contribution in [0.15, 0.2) is 77.7 Å². The van der Waals surface area contributed by atoms with Crippen molar-refractivity contribution >= 4 is 15.9 Å². The SMILES string of the molecule is COc1cccc(CNC(=O)C2Cc3ccccc3CN2S(=O)(=O)c2ccc(C)cc2)c1. The number of amides is 1. The summed E-state index contributed by atoms with van der Waals surface area (Å²) in [6.45, 7) is 2.35. The van der Waals surface area contributed by atoms with Crippen LogP contribution in [0.25, 0.3) is 0 Å². The fourth-order valence-electron chi connectivity index (χ4n) is 3.91. The summed E-state index contributed by atoms with van der Waals surface area (Å²) in [5, 5.41) is 2.91. The molecule has 0 bridgehead atoms. The van der Waals surface area contributed by atoms with Crippen LogP contribution in [0.5, 0.6) is 5.75 Å². The summed E-state index contributed by atoms with van der Waals surface area (Å²) in [6, 6.07) is 21.0. The van der Waals surface area contributed by atoms with Crippen molar-refractivity contribution in [1.29, 1.82) is 0 Å². The lowest BCUT2D eigenvalue weighted by Crippen LogP contribution is -2.52. The molecule has 3 aromatic carbocycles. The Bertz CT molecular complexity index is 1220. The number of sulfonamides is 1. The van der Waals surface area contributed by atoms with E-state index in [0.717, 1.165) is 22.3 Å². The summed E-state index contributed by atoms with van der Waals surface area (Å²) in [5.74, 6) is 0.380. The van der Waals surface area contributed by atoms with Gasteiger partial charge in [-0.1, -0.05) is 54.1 Å². The molecule has 0 aromatic heterocycles. The fraction of sp³-hybridized carbons (Fsp3) is 0.240. The number of hydrogen-bond acceptors (Lipinski definition) is 4. The Morgan fingerprint density at radius 3 is 2.47 bits per heavy atom. The van der Waals surface area contributed by atoms with Crippen molar-refractivity contribution in [3.05, 3.63) is 95.1 Å². The maximum Gasteiger partial charge on any atom is 0.244 e. The Hall–Kier alpha value is -3.16. The van der Waals surface area contributed by atoms with Crippen molar-refractivity contribution in [2.45, 2.75) is 37.4 Å². The zero-order valence-electron chi connectivity index (χ0n) is 18.1. The zero-order chi connectivity index (χ0) is 22.7. The van der Waals surface area contributed by atoms with Crippen LogP contribution in [-0.2, 0) is 34.3 Å². The third-order valence-electron chi connectivity index (χ3n) is 5.74. The molecule has 0 spiro atoms. The van der Waals surface area contributed by atoms with Crippen LogP contribution >= 0.6 is 0 Å². The van der Waals surface area contributed by atoms with E-state index in [-0.39, 0.29) is 23.9 Å². The first-order chi connectivity index (χ1) is 15.4. The molecule has 0 saturated carbocycles. The van der Waals surface area contributed by atoms with Crippen molar-refractivity contribution in [3.8, 4) is 5.75 Å². The van der Waals surface area contributed by atoms with Crippen LogP contribution in [-0.4, -0.2) is 31.8 Å². The van der Waals surface area contributed by atoms with E-state index in [1.807, 2.05) is 55.5 Å². The fourth-order valence-corrected chi connectivity index (χ4v) is 5.48. The second-order valence-electron chi connectivity index (χ2n) is 7.92. The van der Waals surface area contributed by atoms with E-state index < -0.39 is 16.1 Å². The summed E-state index contributed by atoms with van der Waals surface area (Å²) in [5.41, 5.74) is 3.76. The summed E-state index contributed by atoms with van der Waals surface area (Å²) in [7, 11) is -2.27. The summed E-state index contributed by atoms with van der Waals surface area (Å²) >= 11 is 0. The molecule has 0 saturated heterocycles. The van der Waals surface area contributed by atoms with Gasteiger partial charge in [-0.2, -0.15) is 4.31 Å². The molecule has 7 heteroatoms. The molecule has 1 N–H and O–H groups in total. The molecule has 1 amide bonds. The van der Waals surface area contributed by atoms with E-state index in [1.54, 1.807) is 31.4 Å². The Labute approximate surface area is 188 Å². The molecule has 0 aliphatic carbocycles. The second-order valence-corrected chi connectivity index (χ2v) is 9.81. The number of aryl methyl sites for hydroxylation is 1.